The van der Waals surface area contributed by atoms with E-state index in [2.05, 4.69) is 16.9 Å². The molecule has 0 bridgehead atoms. The van der Waals surface area contributed by atoms with E-state index in [1.807, 2.05) is 6.07 Å². The summed E-state index contributed by atoms with van der Waals surface area (Å²) in [5, 5.41) is 0. The van der Waals surface area contributed by atoms with Crippen LogP contribution in [0.3, 0.4) is 0 Å². The molecule has 0 spiro atoms. The van der Waals surface area contributed by atoms with Crippen molar-refractivity contribution in [3.05, 3.63) is 29.3 Å². The van der Waals surface area contributed by atoms with Crippen molar-refractivity contribution in [3.8, 4) is 0 Å². The number of nitrogens with two attached hydrogens (primary N) is 1. The van der Waals surface area contributed by atoms with Gasteiger partial charge in [0.1, 0.15) is 0 Å². The number of benzene rings is 1. The molecule has 3 N–H and O–H groups in total. The van der Waals surface area contributed by atoms with Crippen molar-refractivity contribution >= 4 is 27.2 Å². The first-order valence-electron chi connectivity index (χ1n) is 5.39. The third kappa shape index (κ3) is 2.83. The van der Waals surface area contributed by atoms with Gasteiger partial charge in [-0.25, -0.2) is 13.1 Å². The third-order valence-corrected chi connectivity index (χ3v) is 4.36. The minimum Gasteiger partial charge on any atom is -0.392 e. The van der Waals surface area contributed by atoms with Crippen LogP contribution in [0.25, 0.3) is 0 Å². The number of nitrogens with one attached hydrogen (secondary N) is 1. The fourth-order valence-corrected chi connectivity index (χ4v) is 3.19. The summed E-state index contributed by atoms with van der Waals surface area (Å²) in [6.45, 7) is -0.00521. The Hall–Kier alpha value is -0.980. The Morgan fingerprint density at radius 2 is 2.06 bits per heavy atom. The molecule has 1 aliphatic rings. The van der Waals surface area contributed by atoms with Crippen molar-refractivity contribution in [2.75, 3.05) is 6.54 Å². The quantitative estimate of drug-likeness (QED) is 0.792. The van der Waals surface area contributed by atoms with Crippen LogP contribution in [0.15, 0.2) is 23.1 Å². The zero-order valence-electron chi connectivity index (χ0n) is 9.27. The summed E-state index contributed by atoms with van der Waals surface area (Å²) in [5.74, 6) is 0. The highest BCUT2D eigenvalue weighted by Crippen LogP contribution is 2.24. The molecule has 0 aliphatic heterocycles. The maximum atomic E-state index is 11.9. The van der Waals surface area contributed by atoms with Crippen molar-refractivity contribution in [2.24, 2.45) is 5.73 Å². The van der Waals surface area contributed by atoms with Crippen LogP contribution in [0.2, 0.25) is 0 Å². The van der Waals surface area contributed by atoms with E-state index in [1.54, 1.807) is 12.1 Å². The summed E-state index contributed by atoms with van der Waals surface area (Å²) in [4.78, 5) is 0.420. The Labute approximate surface area is 106 Å². The highest BCUT2D eigenvalue weighted by atomic mass is 32.2. The summed E-state index contributed by atoms with van der Waals surface area (Å²) < 4.78 is 26.2. The molecule has 0 amide bonds. The van der Waals surface area contributed by atoms with Crippen molar-refractivity contribution in [1.29, 1.82) is 0 Å². The third-order valence-electron chi connectivity index (χ3n) is 2.82. The van der Waals surface area contributed by atoms with Gasteiger partial charge in [0.05, 0.1) is 16.4 Å². The number of hydrogen-bond donors (Lipinski definition) is 2. The summed E-state index contributed by atoms with van der Waals surface area (Å²) in [5.41, 5.74) is 7.65. The van der Waals surface area contributed by atoms with Gasteiger partial charge in [0.25, 0.3) is 0 Å². The van der Waals surface area contributed by atoms with Crippen molar-refractivity contribution in [1.82, 2.24) is 4.72 Å². The standard InChI is InChI=1S/C11H14N2O2S2/c12-11(16)7-13-17(14,15)10-5-4-8-2-1-3-9(8)6-10/h4-6,13H,1-3,7H2,(H2,12,16). The first kappa shape index (κ1) is 12.5. The van der Waals surface area contributed by atoms with Crippen LogP contribution in [0.4, 0.5) is 0 Å². The molecule has 2 rings (SSSR count). The van der Waals surface area contributed by atoms with E-state index in [4.69, 9.17) is 5.73 Å². The number of thiocarbonyl (C=S) groups is 1. The Kier molecular flexibility index (Phi) is 3.46. The van der Waals surface area contributed by atoms with E-state index >= 15 is 0 Å². The summed E-state index contributed by atoms with van der Waals surface area (Å²) in [6.07, 6.45) is 3.09. The molecule has 92 valence electrons. The van der Waals surface area contributed by atoms with E-state index in [0.29, 0.717) is 0 Å². The molecule has 0 saturated carbocycles. The average molecular weight is 270 g/mol. The van der Waals surface area contributed by atoms with E-state index in [-0.39, 0.29) is 16.4 Å². The number of rotatable bonds is 4. The molecular weight excluding hydrogens is 256 g/mol. The zero-order valence-corrected chi connectivity index (χ0v) is 10.9. The van der Waals surface area contributed by atoms with Gasteiger partial charge >= 0.3 is 0 Å². The minimum atomic E-state index is -3.49. The lowest BCUT2D eigenvalue weighted by Crippen LogP contribution is -2.32. The zero-order chi connectivity index (χ0) is 12.5. The van der Waals surface area contributed by atoms with Crippen LogP contribution in [0.5, 0.6) is 0 Å². The Bertz CT molecular complexity index is 553. The normalized spacial score (nSPS) is 14.6. The Morgan fingerprint density at radius 1 is 1.35 bits per heavy atom. The van der Waals surface area contributed by atoms with Crippen LogP contribution in [0.1, 0.15) is 17.5 Å². The second-order valence-electron chi connectivity index (χ2n) is 4.07. The van der Waals surface area contributed by atoms with Gasteiger partial charge in [0, 0.05) is 0 Å². The lowest BCUT2D eigenvalue weighted by atomic mass is 10.1. The van der Waals surface area contributed by atoms with Gasteiger partial charge in [-0.05, 0) is 42.5 Å². The highest BCUT2D eigenvalue weighted by Gasteiger charge is 2.18. The fraction of sp³-hybridized carbons (Fsp3) is 0.364. The smallest absolute Gasteiger partial charge is 0.240 e. The average Bonchev–Trinajstić information content (AvgIpc) is 2.73. The molecule has 1 aromatic rings. The van der Waals surface area contributed by atoms with Gasteiger partial charge in [-0.15, -0.1) is 0 Å². The molecule has 6 heteroatoms. The molecule has 0 saturated heterocycles. The SMILES string of the molecule is NC(=S)CNS(=O)(=O)c1ccc2c(c1)CCC2. The molecule has 0 fully saturated rings. The molecular formula is C11H14N2O2S2. The van der Waals surface area contributed by atoms with Crippen LogP contribution in [-0.4, -0.2) is 20.0 Å². The second kappa shape index (κ2) is 4.72. The van der Waals surface area contributed by atoms with E-state index in [0.717, 1.165) is 24.8 Å². The van der Waals surface area contributed by atoms with E-state index in [9.17, 15) is 8.42 Å². The van der Waals surface area contributed by atoms with E-state index in [1.165, 1.54) is 5.56 Å². The maximum Gasteiger partial charge on any atom is 0.240 e. The van der Waals surface area contributed by atoms with Gasteiger partial charge in [-0.1, -0.05) is 18.3 Å². The first-order valence-corrected chi connectivity index (χ1v) is 7.28. The van der Waals surface area contributed by atoms with Gasteiger partial charge in [-0.3, -0.25) is 0 Å². The van der Waals surface area contributed by atoms with Gasteiger partial charge in [-0.2, -0.15) is 0 Å². The molecule has 0 radical (unpaired) electrons. The largest absolute Gasteiger partial charge is 0.392 e. The molecule has 1 aliphatic carbocycles. The van der Waals surface area contributed by atoms with Gasteiger partial charge < -0.3 is 5.73 Å². The topological polar surface area (TPSA) is 72.2 Å². The lowest BCUT2D eigenvalue weighted by Gasteiger charge is -2.07. The Morgan fingerprint density at radius 3 is 2.76 bits per heavy atom. The number of sulfonamides is 1. The fourth-order valence-electron chi connectivity index (χ4n) is 1.96. The van der Waals surface area contributed by atoms with E-state index < -0.39 is 10.0 Å². The second-order valence-corrected chi connectivity index (χ2v) is 6.37. The van der Waals surface area contributed by atoms with Crippen LogP contribution in [0, 0.1) is 0 Å². The number of hydrogen-bond acceptors (Lipinski definition) is 3. The Balaban J connectivity index is 2.24. The van der Waals surface area contributed by atoms with Crippen molar-refractivity contribution in [3.63, 3.8) is 0 Å². The lowest BCUT2D eigenvalue weighted by molar-refractivity contribution is 0.586. The number of fused-ring (bicyclic) bond motifs is 1. The van der Waals surface area contributed by atoms with Crippen molar-refractivity contribution < 1.29 is 8.42 Å². The minimum absolute atomic E-state index is 0.00521. The maximum absolute atomic E-state index is 11.9. The highest BCUT2D eigenvalue weighted by molar-refractivity contribution is 7.89. The molecule has 4 nitrogen and oxygen atoms in total. The summed E-state index contributed by atoms with van der Waals surface area (Å²) >= 11 is 4.64. The first-order chi connectivity index (χ1) is 7.99. The van der Waals surface area contributed by atoms with Crippen LogP contribution in [-0.2, 0) is 22.9 Å². The number of aryl methyl sites for hydroxylation is 2. The predicted molar refractivity (Wildman–Crippen MR) is 70.4 cm³/mol. The molecule has 1 aromatic carbocycles. The monoisotopic (exact) mass is 270 g/mol. The van der Waals surface area contributed by atoms with Crippen LogP contribution < -0.4 is 10.5 Å². The molecule has 17 heavy (non-hydrogen) atoms. The summed E-state index contributed by atoms with van der Waals surface area (Å²) in [7, 11) is -3.49. The molecule has 0 unspecified atom stereocenters. The van der Waals surface area contributed by atoms with Gasteiger partial charge in [0.15, 0.2) is 0 Å². The van der Waals surface area contributed by atoms with Gasteiger partial charge in [0.2, 0.25) is 10.0 Å². The van der Waals surface area contributed by atoms with Crippen molar-refractivity contribution in [2.45, 2.75) is 24.2 Å². The predicted octanol–water partition coefficient (Wildman–Crippen LogP) is 0.740. The molecule has 0 atom stereocenters. The van der Waals surface area contributed by atoms with Crippen LogP contribution >= 0.6 is 12.2 Å². The molecule has 0 aromatic heterocycles. The summed E-state index contributed by atoms with van der Waals surface area (Å²) in [6, 6.07) is 5.26. The molecule has 0 heterocycles.